The maximum Gasteiger partial charge on any atom is 0.268 e. The van der Waals surface area contributed by atoms with Crippen molar-refractivity contribution in [2.24, 2.45) is 0 Å². The maximum absolute atomic E-state index is 12.9. The van der Waals surface area contributed by atoms with Crippen LogP contribution in [0.2, 0.25) is 0 Å². The first-order valence-electron chi connectivity index (χ1n) is 10.1. The first-order valence-corrected chi connectivity index (χ1v) is 10.1. The van der Waals surface area contributed by atoms with Crippen LogP contribution in [0.25, 0.3) is 11.1 Å². The number of benzene rings is 1. The quantitative estimate of drug-likeness (QED) is 0.359. The van der Waals surface area contributed by atoms with E-state index in [1.807, 2.05) is 36.4 Å². The summed E-state index contributed by atoms with van der Waals surface area (Å²) in [6.45, 7) is -0.200. The molecule has 3 heterocycles. The van der Waals surface area contributed by atoms with Crippen molar-refractivity contribution in [1.82, 2.24) is 15.2 Å². The first kappa shape index (κ1) is 21.6. The number of nitriles is 1. The van der Waals surface area contributed by atoms with Gasteiger partial charge in [0.2, 0.25) is 5.76 Å². The Bertz CT molecular complexity index is 1120. The molecule has 0 bridgehead atoms. The Labute approximate surface area is 182 Å². The van der Waals surface area contributed by atoms with Crippen LogP contribution in [0.1, 0.15) is 21.8 Å². The number of nitrogens with one attached hydrogen (secondary N) is 2. The summed E-state index contributed by atoms with van der Waals surface area (Å²) in [4.78, 5) is 29.7. The lowest BCUT2D eigenvalue weighted by Crippen LogP contribution is -2.52. The summed E-state index contributed by atoms with van der Waals surface area (Å²) in [5.41, 5.74) is 1.75. The molecule has 32 heavy (non-hydrogen) atoms. The van der Waals surface area contributed by atoms with Gasteiger partial charge in [0.15, 0.2) is 11.7 Å². The molecule has 166 valence electrons. The van der Waals surface area contributed by atoms with E-state index in [0.29, 0.717) is 11.1 Å². The molecule has 10 nitrogen and oxygen atoms in total. The number of carbonyl (C=O) groups excluding carboxylic acids is 2. The topological polar surface area (TPSA) is 163 Å². The average Bonchev–Trinajstić information content (AvgIpc) is 3.46. The predicted octanol–water partition coefficient (Wildman–Crippen LogP) is -0.101. The SMILES string of the molecule is N#Cc1cc2[nH]c(C(=O)N[C@@H](Cc3ccccc3)[C@@H](O)C(=O)N3C[C@@H](O)[C@@H](O)C3)cc2o1. The molecule has 10 heteroatoms. The van der Waals surface area contributed by atoms with Crippen LogP contribution >= 0.6 is 0 Å². The van der Waals surface area contributed by atoms with Crippen LogP contribution in [-0.2, 0) is 11.2 Å². The molecule has 4 rings (SSSR count). The van der Waals surface area contributed by atoms with Crippen LogP contribution in [0.3, 0.4) is 0 Å². The highest BCUT2D eigenvalue weighted by molar-refractivity contribution is 5.97. The minimum absolute atomic E-state index is 0.0999. The number of hydrogen-bond donors (Lipinski definition) is 5. The third-order valence-corrected chi connectivity index (χ3v) is 5.48. The summed E-state index contributed by atoms with van der Waals surface area (Å²) in [5, 5.41) is 41.8. The Morgan fingerprint density at radius 3 is 2.53 bits per heavy atom. The van der Waals surface area contributed by atoms with Crippen LogP contribution in [0, 0.1) is 11.3 Å². The Hall–Kier alpha value is -3.65. The molecule has 0 saturated carbocycles. The minimum Gasteiger partial charge on any atom is -0.444 e. The minimum atomic E-state index is -1.60. The molecule has 1 saturated heterocycles. The number of aromatic nitrogens is 1. The monoisotopic (exact) mass is 438 g/mol. The molecule has 1 aliphatic heterocycles. The fourth-order valence-corrected chi connectivity index (χ4v) is 3.76. The highest BCUT2D eigenvalue weighted by Crippen LogP contribution is 2.20. The van der Waals surface area contributed by atoms with Crippen LogP contribution in [0.4, 0.5) is 0 Å². The fourth-order valence-electron chi connectivity index (χ4n) is 3.76. The lowest BCUT2D eigenvalue weighted by molar-refractivity contribution is -0.141. The second-order valence-electron chi connectivity index (χ2n) is 7.78. The van der Waals surface area contributed by atoms with Crippen LogP contribution < -0.4 is 5.32 Å². The van der Waals surface area contributed by atoms with Gasteiger partial charge in [0, 0.05) is 25.2 Å². The van der Waals surface area contributed by atoms with E-state index in [9.17, 15) is 24.9 Å². The normalized spacial score (nSPS) is 20.1. The number of aliphatic hydroxyl groups excluding tert-OH is 3. The molecule has 0 aliphatic carbocycles. The molecule has 3 aromatic rings. The van der Waals surface area contributed by atoms with Crippen molar-refractivity contribution in [3.05, 3.63) is 59.5 Å². The predicted molar refractivity (Wildman–Crippen MR) is 111 cm³/mol. The van der Waals surface area contributed by atoms with Gasteiger partial charge in [0.1, 0.15) is 11.8 Å². The van der Waals surface area contributed by atoms with Gasteiger partial charge in [0.05, 0.1) is 23.8 Å². The number of amides is 2. The highest BCUT2D eigenvalue weighted by Gasteiger charge is 2.38. The van der Waals surface area contributed by atoms with Crippen molar-refractivity contribution in [3.8, 4) is 6.07 Å². The summed E-state index contributed by atoms with van der Waals surface area (Å²) < 4.78 is 5.29. The second-order valence-corrected chi connectivity index (χ2v) is 7.78. The summed E-state index contributed by atoms with van der Waals surface area (Å²) >= 11 is 0. The van der Waals surface area contributed by atoms with E-state index in [2.05, 4.69) is 10.3 Å². The number of fused-ring (bicyclic) bond motifs is 1. The van der Waals surface area contributed by atoms with Gasteiger partial charge in [-0.05, 0) is 12.0 Å². The largest absolute Gasteiger partial charge is 0.444 e. The van der Waals surface area contributed by atoms with Crippen molar-refractivity contribution in [2.75, 3.05) is 13.1 Å². The zero-order valence-corrected chi connectivity index (χ0v) is 16.9. The van der Waals surface area contributed by atoms with Crippen LogP contribution in [-0.4, -0.2) is 74.5 Å². The van der Waals surface area contributed by atoms with Crippen LogP contribution in [0.5, 0.6) is 0 Å². The van der Waals surface area contributed by atoms with E-state index >= 15 is 0 Å². The van der Waals surface area contributed by atoms with E-state index in [4.69, 9.17) is 9.68 Å². The fraction of sp³-hybridized carbons (Fsp3) is 0.318. The van der Waals surface area contributed by atoms with E-state index in [1.54, 1.807) is 0 Å². The zero-order chi connectivity index (χ0) is 22.8. The number of H-pyrrole nitrogens is 1. The van der Waals surface area contributed by atoms with Crippen LogP contribution in [0.15, 0.2) is 46.9 Å². The average molecular weight is 438 g/mol. The summed E-state index contributed by atoms with van der Waals surface area (Å²) in [6.07, 6.45) is -3.59. The number of hydrogen-bond acceptors (Lipinski definition) is 7. The van der Waals surface area contributed by atoms with Crippen molar-refractivity contribution in [3.63, 3.8) is 0 Å². The standard InChI is InChI=1S/C22H22N4O6/c23-9-13-7-14-19(32-13)8-16(24-14)21(30)25-15(6-12-4-2-1-3-5-12)20(29)22(31)26-10-17(27)18(28)11-26/h1-5,7-8,15,17-18,20,24,27-29H,6,10-11H2,(H,25,30)/t15-,17-,18+,20+/m0/s1. The zero-order valence-electron chi connectivity index (χ0n) is 16.9. The van der Waals surface area contributed by atoms with E-state index in [0.717, 1.165) is 5.56 Å². The van der Waals surface area contributed by atoms with Gasteiger partial charge < -0.3 is 34.9 Å². The van der Waals surface area contributed by atoms with Gasteiger partial charge in [-0.3, -0.25) is 9.59 Å². The van der Waals surface area contributed by atoms with Crippen molar-refractivity contribution in [1.29, 1.82) is 5.26 Å². The number of rotatable bonds is 6. The van der Waals surface area contributed by atoms with Crippen molar-refractivity contribution >= 4 is 22.9 Å². The van der Waals surface area contributed by atoms with Gasteiger partial charge in [-0.15, -0.1) is 0 Å². The van der Waals surface area contributed by atoms with Gasteiger partial charge in [-0.25, -0.2) is 0 Å². The van der Waals surface area contributed by atoms with Crippen molar-refractivity contribution < 1.29 is 29.3 Å². The molecule has 2 aromatic heterocycles. The lowest BCUT2D eigenvalue weighted by Gasteiger charge is -2.27. The lowest BCUT2D eigenvalue weighted by atomic mass is 10.00. The Morgan fingerprint density at radius 1 is 1.22 bits per heavy atom. The maximum atomic E-state index is 12.9. The molecule has 1 aliphatic rings. The van der Waals surface area contributed by atoms with Gasteiger partial charge in [-0.1, -0.05) is 30.3 Å². The number of carbonyl (C=O) groups is 2. The van der Waals surface area contributed by atoms with E-state index < -0.39 is 36.2 Å². The van der Waals surface area contributed by atoms with Gasteiger partial charge in [0.25, 0.3) is 11.8 Å². The third-order valence-electron chi connectivity index (χ3n) is 5.48. The van der Waals surface area contributed by atoms with Crippen molar-refractivity contribution in [2.45, 2.75) is 30.8 Å². The smallest absolute Gasteiger partial charge is 0.268 e. The summed E-state index contributed by atoms with van der Waals surface area (Å²) in [6, 6.07) is 12.9. The second kappa shape index (κ2) is 8.84. The Morgan fingerprint density at radius 2 is 1.91 bits per heavy atom. The molecule has 4 atom stereocenters. The number of aromatic amines is 1. The molecule has 0 unspecified atom stereocenters. The Kier molecular flexibility index (Phi) is 5.96. The van der Waals surface area contributed by atoms with E-state index in [1.165, 1.54) is 17.0 Å². The number of likely N-dealkylation sites (tertiary alicyclic amines) is 1. The van der Waals surface area contributed by atoms with Gasteiger partial charge in [-0.2, -0.15) is 5.26 Å². The summed E-state index contributed by atoms with van der Waals surface area (Å²) in [7, 11) is 0. The number of aliphatic hydroxyl groups is 3. The molecule has 2 amide bonds. The number of furan rings is 1. The molecule has 0 spiro atoms. The molecule has 5 N–H and O–H groups in total. The van der Waals surface area contributed by atoms with E-state index in [-0.39, 0.29) is 31.0 Å². The highest BCUT2D eigenvalue weighted by atomic mass is 16.3. The summed E-state index contributed by atoms with van der Waals surface area (Å²) in [5.74, 6) is -1.15. The first-order chi connectivity index (χ1) is 15.4. The Balaban J connectivity index is 1.54. The molecular formula is C22H22N4O6. The molecule has 0 radical (unpaired) electrons. The number of β-amino-alcohol motifs (C(OH)–C–C–N with tert-alkyl or cyclic N) is 2. The number of nitrogens with zero attached hydrogens (tertiary/aromatic N) is 2. The molecular weight excluding hydrogens is 416 g/mol. The third kappa shape index (κ3) is 4.36. The van der Waals surface area contributed by atoms with Gasteiger partial charge >= 0.3 is 0 Å². The molecule has 1 fully saturated rings. The molecule has 1 aromatic carbocycles.